The Morgan fingerprint density at radius 2 is 2.09 bits per heavy atom. The lowest BCUT2D eigenvalue weighted by Crippen LogP contribution is -2.62. The van der Waals surface area contributed by atoms with Crippen molar-refractivity contribution >= 4 is 26.8 Å². The molecule has 0 amide bonds. The molecular formula is C25H33NO6P+. The first-order valence-corrected chi connectivity index (χ1v) is 12.2. The van der Waals surface area contributed by atoms with Crippen LogP contribution in [0.1, 0.15) is 53.4 Å². The van der Waals surface area contributed by atoms with Gasteiger partial charge in [-0.2, -0.15) is 0 Å². The molecule has 0 heterocycles. The molecule has 33 heavy (non-hydrogen) atoms. The van der Waals surface area contributed by atoms with Crippen molar-refractivity contribution in [2.45, 2.75) is 65.1 Å². The molecule has 0 aromatic carbocycles. The number of Topliss-reactive ketones (excluding diaryl/α,β-unsaturated/α-hetero) is 1. The summed E-state index contributed by atoms with van der Waals surface area (Å²) >= 11 is 0. The van der Waals surface area contributed by atoms with Gasteiger partial charge in [-0.05, 0) is 49.2 Å². The fraction of sp³-hybridized carbons (Fsp3) is 0.680. The van der Waals surface area contributed by atoms with Crippen LogP contribution in [0, 0.1) is 40.3 Å². The maximum absolute atomic E-state index is 13.5. The van der Waals surface area contributed by atoms with Gasteiger partial charge in [0.2, 0.25) is 10.8 Å². The molecule has 0 spiro atoms. The number of ketones is 2. The van der Waals surface area contributed by atoms with Gasteiger partial charge in [-0.25, -0.2) is 0 Å². The van der Waals surface area contributed by atoms with Crippen molar-refractivity contribution in [1.29, 1.82) is 0 Å². The van der Waals surface area contributed by atoms with Gasteiger partial charge in [0, 0.05) is 39.3 Å². The number of nitrogens with zero attached hydrogens (tertiary/aromatic N) is 1. The Balaban J connectivity index is 1.75. The van der Waals surface area contributed by atoms with Crippen molar-refractivity contribution in [2.75, 3.05) is 6.61 Å². The highest BCUT2D eigenvalue weighted by molar-refractivity contribution is 7.23. The molecule has 3 saturated carbocycles. The van der Waals surface area contributed by atoms with E-state index in [1.165, 1.54) is 6.92 Å². The fourth-order valence-corrected chi connectivity index (χ4v) is 7.84. The molecule has 4 rings (SSSR count). The van der Waals surface area contributed by atoms with Crippen LogP contribution >= 0.6 is 9.24 Å². The summed E-state index contributed by atoms with van der Waals surface area (Å²) in [5, 5.41) is 15.4. The number of aliphatic hydroxyl groups excluding tert-OH is 1. The summed E-state index contributed by atoms with van der Waals surface area (Å²) < 4.78 is 5.05. The Morgan fingerprint density at radius 3 is 2.76 bits per heavy atom. The minimum absolute atomic E-state index is 0.00110. The molecule has 0 radical (unpaired) electrons. The predicted octanol–water partition coefficient (Wildman–Crippen LogP) is 3.48. The van der Waals surface area contributed by atoms with Gasteiger partial charge in [-0.15, -0.1) is 4.84 Å². The van der Waals surface area contributed by atoms with Crippen molar-refractivity contribution < 1.29 is 29.1 Å². The number of carbonyl (C=O) groups excluding carboxylic acids is 3. The number of esters is 1. The summed E-state index contributed by atoms with van der Waals surface area (Å²) in [6, 6.07) is 0. The minimum Gasteiger partial charge on any atom is -0.458 e. The second-order valence-electron chi connectivity index (χ2n) is 10.6. The van der Waals surface area contributed by atoms with E-state index in [2.05, 4.69) is 33.9 Å². The normalized spacial score (nSPS) is 43.3. The number of aliphatic hydroxyl groups is 1. The van der Waals surface area contributed by atoms with Crippen molar-refractivity contribution in [2.24, 2.45) is 34.5 Å². The summed E-state index contributed by atoms with van der Waals surface area (Å²) in [5.41, 5.74) is -1.31. The Bertz CT molecular complexity index is 1010. The fourth-order valence-electron chi connectivity index (χ4n) is 7.78. The number of fused-ring (bicyclic) bond motifs is 5. The van der Waals surface area contributed by atoms with Crippen LogP contribution in [0.15, 0.2) is 23.8 Å². The van der Waals surface area contributed by atoms with E-state index in [4.69, 9.17) is 9.57 Å². The first-order chi connectivity index (χ1) is 15.5. The summed E-state index contributed by atoms with van der Waals surface area (Å²) in [7, 11) is 2.22. The van der Waals surface area contributed by atoms with Crippen LogP contribution in [0.2, 0.25) is 0 Å². The SMILES string of the molecule is CC(=O)OCC(=O)[C@@]1(O[N+]#CP)CC[C@H]2C3C[C@H](C)C4=CC(=O)C=C[C@]4(C)[C@H]3[C@@H](O)C[C@@]21C. The van der Waals surface area contributed by atoms with Gasteiger partial charge in [0.1, 0.15) is 0 Å². The zero-order chi connectivity index (χ0) is 24.2. The molecule has 8 heteroatoms. The van der Waals surface area contributed by atoms with E-state index in [0.717, 1.165) is 18.4 Å². The number of hydrogen-bond donors (Lipinski definition) is 1. The number of hydrogen-bond acceptors (Lipinski definition) is 6. The number of allylic oxidation sites excluding steroid dienone is 4. The Kier molecular flexibility index (Phi) is 6.08. The largest absolute Gasteiger partial charge is 0.458 e. The van der Waals surface area contributed by atoms with Gasteiger partial charge in [-0.1, -0.05) is 32.4 Å². The van der Waals surface area contributed by atoms with E-state index < -0.39 is 28.5 Å². The minimum atomic E-state index is -1.30. The van der Waals surface area contributed by atoms with Crippen LogP contribution < -0.4 is 0 Å². The lowest BCUT2D eigenvalue weighted by Gasteiger charge is -2.60. The molecule has 3 fully saturated rings. The van der Waals surface area contributed by atoms with Crippen molar-refractivity contribution in [3.63, 3.8) is 0 Å². The summed E-state index contributed by atoms with van der Waals surface area (Å²) in [4.78, 5) is 42.8. The second kappa shape index (κ2) is 8.32. The summed E-state index contributed by atoms with van der Waals surface area (Å²) in [6.45, 7) is 7.15. The van der Waals surface area contributed by atoms with Gasteiger partial charge in [-0.3, -0.25) is 14.4 Å². The average molecular weight is 475 g/mol. The smallest absolute Gasteiger partial charge is 0.364 e. The van der Waals surface area contributed by atoms with Gasteiger partial charge < -0.3 is 9.84 Å². The highest BCUT2D eigenvalue weighted by Crippen LogP contribution is 2.68. The average Bonchev–Trinajstić information content (AvgIpc) is 3.04. The molecule has 0 saturated heterocycles. The quantitative estimate of drug-likeness (QED) is 0.381. The lowest BCUT2D eigenvalue weighted by molar-refractivity contribution is -0.184. The zero-order valence-corrected chi connectivity index (χ0v) is 20.8. The van der Waals surface area contributed by atoms with Crippen LogP contribution in [0.25, 0.3) is 5.01 Å². The monoisotopic (exact) mass is 474 g/mol. The molecule has 1 N–H and O–H groups in total. The Morgan fingerprint density at radius 1 is 1.36 bits per heavy atom. The molecule has 0 aromatic rings. The number of rotatable bonds is 4. The topological polar surface area (TPSA) is 94.3 Å². The van der Waals surface area contributed by atoms with E-state index in [1.807, 2.05) is 13.0 Å². The maximum atomic E-state index is 13.5. The first kappa shape index (κ1) is 24.1. The third-order valence-electron chi connectivity index (χ3n) is 9.05. The van der Waals surface area contributed by atoms with Crippen LogP contribution in [-0.2, 0) is 24.0 Å². The standard InChI is InChI=1S/C25H33NO6P/c1-14-9-17-18-6-8-25(32-26-13-33,21(30)12-31-15(2)27)24(18,4)11-20(29)22(17)23(3)7-5-16(28)10-19(14)23/h5,7,10,14,17-18,20,22,29H,6,8-9,11-12,33H2,1-4H3/q+1/t14-,17?,18-,20-,22+,23-,24-,25-/m0/s1. The highest BCUT2D eigenvalue weighted by Gasteiger charge is 2.73. The molecule has 0 aromatic heterocycles. The second-order valence-corrected chi connectivity index (χ2v) is 10.9. The number of carbonyl (C=O) groups is 3. The molecule has 4 aliphatic rings. The van der Waals surface area contributed by atoms with Gasteiger partial charge in [0.15, 0.2) is 12.4 Å². The predicted molar refractivity (Wildman–Crippen MR) is 125 cm³/mol. The van der Waals surface area contributed by atoms with Gasteiger partial charge in [0.25, 0.3) is 5.60 Å². The maximum Gasteiger partial charge on any atom is 0.364 e. The van der Waals surface area contributed by atoms with Crippen molar-refractivity contribution in [3.8, 4) is 5.81 Å². The molecule has 9 atom stereocenters. The summed E-state index contributed by atoms with van der Waals surface area (Å²) in [6.07, 6.45) is 7.01. The van der Waals surface area contributed by atoms with E-state index in [-0.39, 0.29) is 41.8 Å². The van der Waals surface area contributed by atoms with Crippen LogP contribution in [0.4, 0.5) is 0 Å². The van der Waals surface area contributed by atoms with E-state index in [9.17, 15) is 19.5 Å². The number of ether oxygens (including phenoxy) is 1. The summed E-state index contributed by atoms with van der Waals surface area (Å²) in [5.74, 6) is 2.03. The third kappa shape index (κ3) is 3.49. The Hall–Kier alpha value is -2.03. The lowest BCUT2D eigenvalue weighted by atomic mass is 9.45. The molecule has 7 nitrogen and oxygen atoms in total. The van der Waals surface area contributed by atoms with Crippen LogP contribution in [0.5, 0.6) is 0 Å². The zero-order valence-electron chi connectivity index (χ0n) is 19.7. The van der Waals surface area contributed by atoms with E-state index in [1.54, 1.807) is 12.2 Å². The van der Waals surface area contributed by atoms with Crippen LogP contribution in [-0.4, -0.2) is 41.0 Å². The van der Waals surface area contributed by atoms with Crippen molar-refractivity contribution in [1.82, 2.24) is 0 Å². The third-order valence-corrected chi connectivity index (χ3v) is 9.15. The molecule has 0 bridgehead atoms. The molecule has 2 unspecified atom stereocenters. The van der Waals surface area contributed by atoms with Gasteiger partial charge >= 0.3 is 11.8 Å². The van der Waals surface area contributed by atoms with E-state index >= 15 is 0 Å². The first-order valence-electron chi connectivity index (χ1n) is 11.6. The van der Waals surface area contributed by atoms with Crippen LogP contribution in [0.3, 0.4) is 0 Å². The van der Waals surface area contributed by atoms with Gasteiger partial charge in [0.05, 0.1) is 6.10 Å². The molecular weight excluding hydrogens is 441 g/mol. The molecule has 0 aliphatic heterocycles. The Labute approximate surface area is 196 Å². The van der Waals surface area contributed by atoms with Crippen molar-refractivity contribution in [3.05, 3.63) is 28.8 Å². The molecule has 4 aliphatic carbocycles. The highest BCUT2D eigenvalue weighted by atomic mass is 31.0. The molecule has 178 valence electrons. The van der Waals surface area contributed by atoms with E-state index in [0.29, 0.717) is 12.8 Å².